The number of halogens is 1. The maximum absolute atomic E-state index is 12.6. The first-order chi connectivity index (χ1) is 13.5. The number of nitrogens with one attached hydrogen (secondary N) is 1. The second-order valence-corrected chi connectivity index (χ2v) is 6.78. The summed E-state index contributed by atoms with van der Waals surface area (Å²) < 4.78 is 5.29. The topological polar surface area (TPSA) is 67.3 Å². The Bertz CT molecular complexity index is 962. The van der Waals surface area contributed by atoms with Crippen molar-refractivity contribution < 1.29 is 9.53 Å². The van der Waals surface area contributed by atoms with E-state index in [2.05, 4.69) is 15.3 Å². The van der Waals surface area contributed by atoms with Gasteiger partial charge in [-0.3, -0.25) is 4.79 Å². The van der Waals surface area contributed by atoms with Gasteiger partial charge in [-0.1, -0.05) is 41.9 Å². The maximum atomic E-state index is 12.6. The van der Waals surface area contributed by atoms with Gasteiger partial charge in [0.05, 0.1) is 18.4 Å². The summed E-state index contributed by atoms with van der Waals surface area (Å²) in [5.74, 6) is 0.710. The van der Waals surface area contributed by atoms with Gasteiger partial charge in [-0.05, 0) is 24.1 Å². The molecule has 1 amide bonds. The number of rotatable bonds is 6. The van der Waals surface area contributed by atoms with Crippen LogP contribution in [-0.4, -0.2) is 30.0 Å². The summed E-state index contributed by atoms with van der Waals surface area (Å²) in [6.07, 6.45) is 3.02. The number of ether oxygens (including phenoxy) is 1. The average molecular weight is 397 g/mol. The van der Waals surface area contributed by atoms with Crippen molar-refractivity contribution in [1.82, 2.24) is 9.97 Å². The van der Waals surface area contributed by atoms with E-state index in [0.29, 0.717) is 34.5 Å². The number of amides is 1. The first-order valence-electron chi connectivity index (χ1n) is 8.70. The van der Waals surface area contributed by atoms with Crippen LogP contribution in [0, 0.1) is 6.92 Å². The Hall–Kier alpha value is -3.12. The molecule has 144 valence electrons. The molecule has 7 heteroatoms. The number of aromatic nitrogens is 2. The second-order valence-electron chi connectivity index (χ2n) is 6.37. The molecule has 28 heavy (non-hydrogen) atoms. The van der Waals surface area contributed by atoms with Gasteiger partial charge in [-0.25, -0.2) is 9.97 Å². The predicted molar refractivity (Wildman–Crippen MR) is 111 cm³/mol. The zero-order valence-electron chi connectivity index (χ0n) is 15.9. The third-order valence-electron chi connectivity index (χ3n) is 4.23. The molecule has 0 unspecified atom stereocenters. The zero-order chi connectivity index (χ0) is 20.1. The SMILES string of the molecule is COc1cc(Cl)c(C)cc1NC(=O)c1cnc(N(C)Cc2ccccc2)nc1. The predicted octanol–water partition coefficient (Wildman–Crippen LogP) is 4.34. The molecule has 3 aromatic rings. The smallest absolute Gasteiger partial charge is 0.258 e. The van der Waals surface area contributed by atoms with E-state index in [1.54, 1.807) is 12.1 Å². The minimum absolute atomic E-state index is 0.322. The normalized spacial score (nSPS) is 10.4. The number of carbonyl (C=O) groups excluding carboxylic acids is 1. The molecule has 1 aromatic heterocycles. The number of methoxy groups -OCH3 is 1. The van der Waals surface area contributed by atoms with Gasteiger partial charge >= 0.3 is 0 Å². The van der Waals surface area contributed by atoms with E-state index < -0.39 is 0 Å². The van der Waals surface area contributed by atoms with E-state index >= 15 is 0 Å². The Morgan fingerprint density at radius 1 is 1.18 bits per heavy atom. The molecule has 0 bridgehead atoms. The van der Waals surface area contributed by atoms with Gasteiger partial charge in [0.15, 0.2) is 0 Å². The maximum Gasteiger partial charge on any atom is 0.258 e. The molecule has 0 saturated heterocycles. The molecule has 0 aliphatic carbocycles. The second kappa shape index (κ2) is 8.71. The van der Waals surface area contributed by atoms with Crippen LogP contribution in [0.15, 0.2) is 54.9 Å². The Morgan fingerprint density at radius 2 is 1.86 bits per heavy atom. The van der Waals surface area contributed by atoms with Crippen LogP contribution >= 0.6 is 11.6 Å². The van der Waals surface area contributed by atoms with Crippen LogP contribution in [0.2, 0.25) is 5.02 Å². The Morgan fingerprint density at radius 3 is 2.50 bits per heavy atom. The molecular weight excluding hydrogens is 376 g/mol. The molecule has 0 aliphatic rings. The van der Waals surface area contributed by atoms with Crippen LogP contribution < -0.4 is 15.0 Å². The molecule has 0 fully saturated rings. The minimum atomic E-state index is -0.322. The lowest BCUT2D eigenvalue weighted by atomic mass is 10.2. The van der Waals surface area contributed by atoms with Crippen LogP contribution in [-0.2, 0) is 6.54 Å². The fraction of sp³-hybridized carbons (Fsp3) is 0.190. The molecule has 0 aliphatic heterocycles. The first kappa shape index (κ1) is 19.6. The number of aryl methyl sites for hydroxylation is 1. The lowest BCUT2D eigenvalue weighted by Crippen LogP contribution is -2.20. The van der Waals surface area contributed by atoms with E-state index in [1.165, 1.54) is 19.5 Å². The summed E-state index contributed by atoms with van der Waals surface area (Å²) in [5.41, 5.74) is 2.89. The van der Waals surface area contributed by atoms with E-state index in [-0.39, 0.29) is 5.91 Å². The summed E-state index contributed by atoms with van der Waals surface area (Å²) in [4.78, 5) is 23.1. The highest BCUT2D eigenvalue weighted by Crippen LogP contribution is 2.31. The van der Waals surface area contributed by atoms with Gasteiger partial charge in [0, 0.05) is 37.1 Å². The highest BCUT2D eigenvalue weighted by atomic mass is 35.5. The van der Waals surface area contributed by atoms with Crippen molar-refractivity contribution in [1.29, 1.82) is 0 Å². The van der Waals surface area contributed by atoms with E-state index in [9.17, 15) is 4.79 Å². The van der Waals surface area contributed by atoms with Crippen LogP contribution in [0.1, 0.15) is 21.5 Å². The number of hydrogen-bond acceptors (Lipinski definition) is 5. The van der Waals surface area contributed by atoms with Gasteiger partial charge in [-0.2, -0.15) is 0 Å². The average Bonchev–Trinajstić information content (AvgIpc) is 2.71. The minimum Gasteiger partial charge on any atom is -0.495 e. The summed E-state index contributed by atoms with van der Waals surface area (Å²) in [6, 6.07) is 13.5. The van der Waals surface area contributed by atoms with Crippen molar-refractivity contribution in [3.63, 3.8) is 0 Å². The van der Waals surface area contributed by atoms with Crippen molar-refractivity contribution >= 4 is 29.1 Å². The van der Waals surface area contributed by atoms with Crippen molar-refractivity contribution in [3.05, 3.63) is 76.6 Å². The van der Waals surface area contributed by atoms with Crippen LogP contribution in [0.25, 0.3) is 0 Å². The molecule has 6 nitrogen and oxygen atoms in total. The zero-order valence-corrected chi connectivity index (χ0v) is 16.7. The van der Waals surface area contributed by atoms with E-state index in [0.717, 1.165) is 11.1 Å². The van der Waals surface area contributed by atoms with Gasteiger partial charge in [-0.15, -0.1) is 0 Å². The summed E-state index contributed by atoms with van der Waals surface area (Å²) in [7, 11) is 3.43. The van der Waals surface area contributed by atoms with Gasteiger partial charge in [0.2, 0.25) is 5.95 Å². The summed E-state index contributed by atoms with van der Waals surface area (Å²) >= 11 is 6.11. The highest BCUT2D eigenvalue weighted by molar-refractivity contribution is 6.31. The third kappa shape index (κ3) is 4.58. The monoisotopic (exact) mass is 396 g/mol. The highest BCUT2D eigenvalue weighted by Gasteiger charge is 2.14. The van der Waals surface area contributed by atoms with Crippen molar-refractivity contribution in [2.75, 3.05) is 24.4 Å². The number of nitrogens with zero attached hydrogens (tertiary/aromatic N) is 3. The van der Waals surface area contributed by atoms with Gasteiger partial charge in [0.25, 0.3) is 5.91 Å². The Labute approximate surface area is 169 Å². The molecule has 0 atom stereocenters. The summed E-state index contributed by atoms with van der Waals surface area (Å²) in [5, 5.41) is 3.39. The van der Waals surface area contributed by atoms with Crippen LogP contribution in [0.4, 0.5) is 11.6 Å². The van der Waals surface area contributed by atoms with Gasteiger partial charge < -0.3 is 15.0 Å². The molecular formula is C21H21ClN4O2. The van der Waals surface area contributed by atoms with Crippen LogP contribution in [0.5, 0.6) is 5.75 Å². The lowest BCUT2D eigenvalue weighted by Gasteiger charge is -2.17. The van der Waals surface area contributed by atoms with Crippen molar-refractivity contribution in [3.8, 4) is 5.75 Å². The molecule has 0 spiro atoms. The molecule has 0 radical (unpaired) electrons. The Kier molecular flexibility index (Phi) is 6.11. The van der Waals surface area contributed by atoms with Crippen molar-refractivity contribution in [2.45, 2.75) is 13.5 Å². The standard InChI is InChI=1S/C21H21ClN4O2/c1-14-9-18(19(28-3)10-17(14)22)25-20(27)16-11-23-21(24-12-16)26(2)13-15-7-5-4-6-8-15/h4-12H,13H2,1-3H3,(H,25,27). The largest absolute Gasteiger partial charge is 0.495 e. The molecule has 1 heterocycles. The van der Waals surface area contributed by atoms with Crippen molar-refractivity contribution in [2.24, 2.45) is 0 Å². The third-order valence-corrected chi connectivity index (χ3v) is 4.64. The number of benzene rings is 2. The fourth-order valence-corrected chi connectivity index (χ4v) is 2.84. The number of carbonyl (C=O) groups is 1. The van der Waals surface area contributed by atoms with Gasteiger partial charge in [0.1, 0.15) is 5.75 Å². The fourth-order valence-electron chi connectivity index (χ4n) is 2.69. The molecule has 2 aromatic carbocycles. The number of hydrogen-bond donors (Lipinski definition) is 1. The van der Waals surface area contributed by atoms with E-state index in [1.807, 2.05) is 49.2 Å². The lowest BCUT2D eigenvalue weighted by molar-refractivity contribution is 0.102. The van der Waals surface area contributed by atoms with Crippen LogP contribution in [0.3, 0.4) is 0 Å². The molecule has 1 N–H and O–H groups in total. The summed E-state index contributed by atoms with van der Waals surface area (Å²) in [6.45, 7) is 2.53. The quantitative estimate of drug-likeness (QED) is 0.671. The molecule has 3 rings (SSSR count). The molecule has 0 saturated carbocycles. The number of anilines is 2. The first-order valence-corrected chi connectivity index (χ1v) is 9.08. The Balaban J connectivity index is 1.71. The van der Waals surface area contributed by atoms with E-state index in [4.69, 9.17) is 16.3 Å².